The molecule has 0 aliphatic carbocycles. The van der Waals surface area contributed by atoms with Gasteiger partial charge in [-0.15, -0.1) is 0 Å². The van der Waals surface area contributed by atoms with Crippen molar-refractivity contribution in [3.63, 3.8) is 0 Å². The molecule has 0 rings (SSSR count). The smallest absolute Gasteiger partial charge is 0.189 e. The predicted molar refractivity (Wildman–Crippen MR) is 75.7 cm³/mol. The summed E-state index contributed by atoms with van der Waals surface area (Å²) < 4.78 is 6.60. The maximum absolute atomic E-state index is 6.60. The Kier molecular flexibility index (Phi) is 4.84. The predicted octanol–water partition coefficient (Wildman–Crippen LogP) is 4.66. The highest BCUT2D eigenvalue weighted by atomic mass is 28.4. The quantitative estimate of drug-likeness (QED) is 0.641. The van der Waals surface area contributed by atoms with Crippen molar-refractivity contribution in [3.8, 4) is 0 Å². The zero-order chi connectivity index (χ0) is 12.5. The van der Waals surface area contributed by atoms with Crippen LogP contribution in [0.5, 0.6) is 0 Å². The topological polar surface area (TPSA) is 9.23 Å². The average molecular weight is 247 g/mol. The third kappa shape index (κ3) is 3.72. The van der Waals surface area contributed by atoms with Gasteiger partial charge in [0.15, 0.2) is 8.32 Å². The first-order valence-electron chi connectivity index (χ1n) is 6.16. The van der Waals surface area contributed by atoms with E-state index in [1.807, 2.05) is 0 Å². The lowest BCUT2D eigenvalue weighted by Gasteiger charge is -2.46. The molecule has 0 saturated heterocycles. The molecule has 0 heterocycles. The molecule has 0 saturated carbocycles. The summed E-state index contributed by atoms with van der Waals surface area (Å²) in [7, 11) is -2.77. The first-order valence-corrected chi connectivity index (χ1v) is 12.6. The Morgan fingerprint density at radius 3 is 1.67 bits per heavy atom. The van der Waals surface area contributed by atoms with Gasteiger partial charge in [0.1, 0.15) is 0 Å². The van der Waals surface area contributed by atoms with E-state index in [9.17, 15) is 0 Å². The molecule has 1 unspecified atom stereocenters. The fourth-order valence-electron chi connectivity index (χ4n) is 1.45. The van der Waals surface area contributed by atoms with Crippen LogP contribution in [0.15, 0.2) is 0 Å². The van der Waals surface area contributed by atoms with Crippen molar-refractivity contribution in [2.75, 3.05) is 0 Å². The van der Waals surface area contributed by atoms with Crippen molar-refractivity contribution in [2.45, 2.75) is 77.6 Å². The van der Waals surface area contributed by atoms with Gasteiger partial charge in [0, 0.05) is 5.22 Å². The summed E-state index contributed by atoms with van der Waals surface area (Å²) in [5.41, 5.74) is 0.694. The second-order valence-electron chi connectivity index (χ2n) is 6.69. The zero-order valence-corrected chi connectivity index (χ0v) is 14.2. The van der Waals surface area contributed by atoms with Crippen molar-refractivity contribution >= 4 is 16.4 Å². The highest BCUT2D eigenvalue weighted by molar-refractivity contribution is 6.81. The minimum absolute atomic E-state index is 0.146. The van der Waals surface area contributed by atoms with Gasteiger partial charge in [-0.1, -0.05) is 40.4 Å². The van der Waals surface area contributed by atoms with Crippen molar-refractivity contribution < 1.29 is 4.43 Å². The Morgan fingerprint density at radius 2 is 1.47 bits per heavy atom. The molecule has 0 spiro atoms. The van der Waals surface area contributed by atoms with Gasteiger partial charge in [-0.25, -0.2) is 0 Å². The van der Waals surface area contributed by atoms with Crippen molar-refractivity contribution in [2.24, 2.45) is 0 Å². The maximum Gasteiger partial charge on any atom is 0.189 e. The second kappa shape index (κ2) is 4.72. The lowest BCUT2D eigenvalue weighted by Crippen LogP contribution is -2.57. The molecule has 1 nitrogen and oxygen atoms in total. The van der Waals surface area contributed by atoms with E-state index in [1.165, 1.54) is 0 Å². The largest absolute Gasteiger partial charge is 0.415 e. The molecule has 3 heteroatoms. The molecule has 0 aliphatic heterocycles. The van der Waals surface area contributed by atoms with E-state index in [0.29, 0.717) is 5.54 Å². The van der Waals surface area contributed by atoms with Crippen LogP contribution >= 0.6 is 0 Å². The van der Waals surface area contributed by atoms with Crippen LogP contribution in [0.25, 0.3) is 0 Å². The molecule has 0 amide bonds. The molecule has 15 heavy (non-hydrogen) atoms. The fraction of sp³-hybridized carbons (Fsp3) is 1.00. The molecule has 92 valence electrons. The molecule has 0 aromatic rings. The van der Waals surface area contributed by atoms with Gasteiger partial charge in [-0.05, 0) is 32.0 Å². The van der Waals surface area contributed by atoms with Crippen LogP contribution in [0.4, 0.5) is 0 Å². The van der Waals surface area contributed by atoms with Crippen LogP contribution in [0.3, 0.4) is 0 Å². The van der Waals surface area contributed by atoms with Crippen molar-refractivity contribution in [1.82, 2.24) is 0 Å². The first kappa shape index (κ1) is 15.4. The van der Waals surface area contributed by atoms with Crippen LogP contribution < -0.4 is 0 Å². The van der Waals surface area contributed by atoms with Crippen molar-refractivity contribution in [1.29, 1.82) is 0 Å². The Hall–Kier alpha value is 0.394. The average Bonchev–Trinajstić information content (AvgIpc) is 2.01. The summed E-state index contributed by atoms with van der Waals surface area (Å²) in [6.07, 6.45) is 1.14. The standard InChI is InChI=1S/C12H30OSi2/c1-10-12(4,14(5,6)7)13-15(8,9)11(2)3/h11H,10H2,1-9H3. The normalized spacial score (nSPS) is 18.0. The third-order valence-corrected chi connectivity index (χ3v) is 11.7. The summed E-state index contributed by atoms with van der Waals surface area (Å²) in [6.45, 7) is 21.2. The molecule has 0 radical (unpaired) electrons. The summed E-state index contributed by atoms with van der Waals surface area (Å²) in [5.74, 6) is 0. The number of hydrogen-bond acceptors (Lipinski definition) is 1. The van der Waals surface area contributed by atoms with E-state index >= 15 is 0 Å². The fourth-order valence-corrected chi connectivity index (χ4v) is 6.07. The Bertz CT molecular complexity index is 206. The summed E-state index contributed by atoms with van der Waals surface area (Å²) in [5, 5.41) is 0.146. The molecule has 0 fully saturated rings. The van der Waals surface area contributed by atoms with Crippen LogP contribution in [0.1, 0.15) is 34.1 Å². The monoisotopic (exact) mass is 246 g/mol. The molecule has 0 aromatic carbocycles. The van der Waals surface area contributed by atoms with Gasteiger partial charge in [-0.3, -0.25) is 0 Å². The lowest BCUT2D eigenvalue weighted by atomic mass is 10.3. The van der Waals surface area contributed by atoms with E-state index in [2.05, 4.69) is 60.4 Å². The Labute approximate surface area is 98.8 Å². The van der Waals surface area contributed by atoms with Gasteiger partial charge in [0.25, 0.3) is 0 Å². The van der Waals surface area contributed by atoms with E-state index < -0.39 is 16.4 Å². The van der Waals surface area contributed by atoms with Crippen LogP contribution in [0, 0.1) is 0 Å². The van der Waals surface area contributed by atoms with Gasteiger partial charge in [0.2, 0.25) is 0 Å². The van der Waals surface area contributed by atoms with E-state index in [1.54, 1.807) is 0 Å². The van der Waals surface area contributed by atoms with Crippen LogP contribution in [0.2, 0.25) is 38.3 Å². The van der Waals surface area contributed by atoms with E-state index in [0.717, 1.165) is 6.42 Å². The van der Waals surface area contributed by atoms with E-state index in [4.69, 9.17) is 4.43 Å². The first-order chi connectivity index (χ1) is 6.46. The van der Waals surface area contributed by atoms with Gasteiger partial charge >= 0.3 is 0 Å². The molecule has 0 aromatic heterocycles. The highest BCUT2D eigenvalue weighted by Crippen LogP contribution is 2.35. The van der Waals surface area contributed by atoms with Crippen LogP contribution in [-0.4, -0.2) is 21.6 Å². The molecule has 0 aliphatic rings. The van der Waals surface area contributed by atoms with Crippen LogP contribution in [-0.2, 0) is 4.43 Å². The molecule has 0 N–H and O–H groups in total. The van der Waals surface area contributed by atoms with Gasteiger partial charge < -0.3 is 4.43 Å². The molecular weight excluding hydrogens is 216 g/mol. The van der Waals surface area contributed by atoms with Gasteiger partial charge in [0.05, 0.1) is 8.07 Å². The molecule has 0 bridgehead atoms. The van der Waals surface area contributed by atoms with Crippen molar-refractivity contribution in [3.05, 3.63) is 0 Å². The van der Waals surface area contributed by atoms with E-state index in [-0.39, 0.29) is 5.22 Å². The summed E-state index contributed by atoms with van der Waals surface area (Å²) >= 11 is 0. The number of hydrogen-bond donors (Lipinski definition) is 0. The zero-order valence-electron chi connectivity index (χ0n) is 12.2. The number of rotatable bonds is 5. The minimum Gasteiger partial charge on any atom is -0.415 e. The minimum atomic E-state index is -1.51. The summed E-state index contributed by atoms with van der Waals surface area (Å²) in [4.78, 5) is 0. The second-order valence-corrected chi connectivity index (χ2v) is 16.8. The molecular formula is C12H30OSi2. The Balaban J connectivity index is 4.88. The SMILES string of the molecule is CCC(C)(O[Si](C)(C)C(C)C)[Si](C)(C)C. The maximum atomic E-state index is 6.60. The third-order valence-electron chi connectivity index (χ3n) is 4.14. The molecule has 1 atom stereocenters. The highest BCUT2D eigenvalue weighted by Gasteiger charge is 2.43. The summed E-state index contributed by atoms with van der Waals surface area (Å²) in [6, 6.07) is 0. The Morgan fingerprint density at radius 1 is 1.07 bits per heavy atom. The lowest BCUT2D eigenvalue weighted by molar-refractivity contribution is 0.146. The van der Waals surface area contributed by atoms with Gasteiger partial charge in [-0.2, -0.15) is 0 Å².